The van der Waals surface area contributed by atoms with Crippen LogP contribution >= 0.6 is 0 Å². The van der Waals surface area contributed by atoms with E-state index in [9.17, 15) is 9.82 Å². The minimum Gasteiger partial charge on any atom is -0.445 e. The van der Waals surface area contributed by atoms with Crippen LogP contribution in [0.5, 0.6) is 0 Å². The number of nitrogens with zero attached hydrogens (tertiary/aromatic N) is 4. The summed E-state index contributed by atoms with van der Waals surface area (Å²) in [6.07, 6.45) is 7.24. The first kappa shape index (κ1) is 29.1. The number of rotatable bonds is 8. The molecule has 2 aliphatic heterocycles. The number of nitrogens with one attached hydrogen (secondary N) is 2. The van der Waals surface area contributed by atoms with Crippen LogP contribution in [0.3, 0.4) is 0 Å². The zero-order chi connectivity index (χ0) is 30.8. The van der Waals surface area contributed by atoms with Crippen molar-refractivity contribution in [2.75, 3.05) is 13.1 Å². The van der Waals surface area contributed by atoms with E-state index < -0.39 is 7.05 Å². The lowest BCUT2D eigenvalue weighted by Crippen LogP contribution is -2.36. The third-order valence-corrected chi connectivity index (χ3v) is 9.01. The number of likely N-dealkylation sites (tertiary alicyclic amines) is 1. The molecule has 228 valence electrons. The first-order valence-electron chi connectivity index (χ1n) is 15.8. The number of hydrogen-bond acceptors (Lipinski definition) is 6. The lowest BCUT2D eigenvalue weighted by molar-refractivity contribution is 0.0910. The Morgan fingerprint density at radius 3 is 1.93 bits per heavy atom. The van der Waals surface area contributed by atoms with Crippen LogP contribution in [0.4, 0.5) is 4.79 Å². The van der Waals surface area contributed by atoms with Gasteiger partial charge in [-0.05, 0) is 66.9 Å². The fraction of sp³-hybridized carbons (Fsp3) is 0.286. The van der Waals surface area contributed by atoms with Gasteiger partial charge in [0.1, 0.15) is 18.3 Å². The molecule has 5 aromatic rings. The fourth-order valence-corrected chi connectivity index (χ4v) is 6.59. The summed E-state index contributed by atoms with van der Waals surface area (Å²) in [6, 6.07) is 26.6. The molecule has 0 unspecified atom stereocenters. The molecule has 3 N–H and O–H groups in total. The Hall–Kier alpha value is -4.67. The minimum atomic E-state index is -0.481. The average Bonchev–Trinajstić information content (AvgIpc) is 3.90. The van der Waals surface area contributed by atoms with Gasteiger partial charge in [-0.2, -0.15) is 0 Å². The molecule has 10 heteroatoms. The SMILES string of the molecule is CB(O)N1CCC[C@H]1c1ncc(-c2ccc(-c3ccc(-c4cnc([C@@H]5CCCN5C(=O)OCc5ccccc5)[nH]4)cc3)cc2)[nH]1. The molecule has 2 fully saturated rings. The molecule has 2 aliphatic rings. The minimum absolute atomic E-state index is 0.124. The second kappa shape index (κ2) is 12.7. The van der Waals surface area contributed by atoms with Gasteiger partial charge >= 0.3 is 13.1 Å². The summed E-state index contributed by atoms with van der Waals surface area (Å²) in [5.41, 5.74) is 7.23. The van der Waals surface area contributed by atoms with Crippen LogP contribution in [-0.4, -0.2) is 60.9 Å². The Morgan fingerprint density at radius 1 is 0.800 bits per heavy atom. The molecule has 7 rings (SSSR count). The van der Waals surface area contributed by atoms with Crippen molar-refractivity contribution in [2.24, 2.45) is 0 Å². The zero-order valence-electron chi connectivity index (χ0n) is 25.4. The lowest BCUT2D eigenvalue weighted by atomic mass is 9.84. The highest BCUT2D eigenvalue weighted by Gasteiger charge is 2.34. The molecule has 0 radical (unpaired) electrons. The first-order valence-corrected chi connectivity index (χ1v) is 15.8. The van der Waals surface area contributed by atoms with Gasteiger partial charge in [-0.15, -0.1) is 0 Å². The molecular weight excluding hydrogens is 563 g/mol. The highest BCUT2D eigenvalue weighted by Crippen LogP contribution is 2.34. The third-order valence-electron chi connectivity index (χ3n) is 9.01. The summed E-state index contributed by atoms with van der Waals surface area (Å²) in [5, 5.41) is 10.1. The molecule has 0 bridgehead atoms. The van der Waals surface area contributed by atoms with Crippen molar-refractivity contribution in [1.29, 1.82) is 0 Å². The fourth-order valence-electron chi connectivity index (χ4n) is 6.59. The van der Waals surface area contributed by atoms with Gasteiger partial charge in [0.05, 0.1) is 35.9 Å². The highest BCUT2D eigenvalue weighted by molar-refractivity contribution is 6.45. The maximum Gasteiger partial charge on any atom is 0.410 e. The molecule has 0 aliphatic carbocycles. The molecule has 2 aromatic heterocycles. The predicted octanol–water partition coefficient (Wildman–Crippen LogP) is 6.85. The number of aromatic amines is 2. The van der Waals surface area contributed by atoms with Gasteiger partial charge in [-0.1, -0.05) is 78.9 Å². The predicted molar refractivity (Wildman–Crippen MR) is 175 cm³/mol. The highest BCUT2D eigenvalue weighted by atomic mass is 16.6. The quantitative estimate of drug-likeness (QED) is 0.168. The lowest BCUT2D eigenvalue weighted by Gasteiger charge is -2.23. The van der Waals surface area contributed by atoms with Crippen molar-refractivity contribution in [2.45, 2.75) is 51.2 Å². The van der Waals surface area contributed by atoms with Crippen LogP contribution in [0.1, 0.15) is 55.0 Å². The molecule has 2 atom stereocenters. The van der Waals surface area contributed by atoms with Crippen molar-refractivity contribution in [1.82, 2.24) is 29.6 Å². The second-order valence-electron chi connectivity index (χ2n) is 11.9. The van der Waals surface area contributed by atoms with E-state index in [1.807, 2.05) is 49.5 Å². The molecule has 9 nitrogen and oxygen atoms in total. The van der Waals surface area contributed by atoms with E-state index in [2.05, 4.69) is 73.3 Å². The molecule has 0 saturated carbocycles. The molecule has 1 amide bonds. The van der Waals surface area contributed by atoms with Crippen molar-refractivity contribution >= 4 is 13.1 Å². The van der Waals surface area contributed by atoms with Crippen molar-refractivity contribution in [3.8, 4) is 33.6 Å². The molecule has 4 heterocycles. The number of benzene rings is 3. The smallest absolute Gasteiger partial charge is 0.410 e. The van der Waals surface area contributed by atoms with E-state index in [4.69, 9.17) is 4.74 Å². The van der Waals surface area contributed by atoms with Crippen LogP contribution < -0.4 is 0 Å². The zero-order valence-corrected chi connectivity index (χ0v) is 25.4. The van der Waals surface area contributed by atoms with E-state index in [1.54, 1.807) is 4.90 Å². The number of amides is 1. The molecule has 3 aromatic carbocycles. The van der Waals surface area contributed by atoms with E-state index in [-0.39, 0.29) is 24.8 Å². The molecule has 2 saturated heterocycles. The Bertz CT molecular complexity index is 1740. The maximum atomic E-state index is 12.9. The van der Waals surface area contributed by atoms with Crippen molar-refractivity contribution < 1.29 is 14.6 Å². The van der Waals surface area contributed by atoms with E-state index in [0.29, 0.717) is 6.54 Å². The number of hydrogen-bond donors (Lipinski definition) is 3. The molecular formula is C35H37BN6O3. The van der Waals surface area contributed by atoms with Crippen LogP contribution in [-0.2, 0) is 11.3 Å². The second-order valence-corrected chi connectivity index (χ2v) is 11.9. The Morgan fingerprint density at radius 2 is 1.33 bits per heavy atom. The number of aromatic nitrogens is 4. The normalized spacial score (nSPS) is 18.4. The first-order chi connectivity index (χ1) is 22.0. The molecule has 45 heavy (non-hydrogen) atoms. The van der Waals surface area contributed by atoms with Crippen LogP contribution in [0.15, 0.2) is 91.3 Å². The van der Waals surface area contributed by atoms with E-state index >= 15 is 0 Å². The Balaban J connectivity index is 0.995. The summed E-state index contributed by atoms with van der Waals surface area (Å²) in [5.74, 6) is 1.70. The number of imidazole rings is 2. The molecule has 0 spiro atoms. The van der Waals surface area contributed by atoms with Gasteiger partial charge in [-0.3, -0.25) is 4.90 Å². The number of carbonyl (C=O) groups excluding carboxylic acids is 1. The number of H-pyrrole nitrogens is 2. The largest absolute Gasteiger partial charge is 0.445 e. The summed E-state index contributed by atoms with van der Waals surface area (Å²) in [4.78, 5) is 33.0. The van der Waals surface area contributed by atoms with E-state index in [0.717, 1.165) is 83.1 Å². The van der Waals surface area contributed by atoms with Crippen molar-refractivity contribution in [3.63, 3.8) is 0 Å². The van der Waals surface area contributed by atoms with Gasteiger partial charge < -0.3 is 24.5 Å². The monoisotopic (exact) mass is 600 g/mol. The summed E-state index contributed by atoms with van der Waals surface area (Å²) >= 11 is 0. The van der Waals surface area contributed by atoms with Crippen LogP contribution in [0.25, 0.3) is 33.6 Å². The standard InChI is InChI=1S/C35H37BN6O3/c1-36(44)42-20-6-10-32(42)34-38-22-30(40-34)28-17-13-26(14-18-28)25-11-15-27(16-12-25)29-21-37-33(39-29)31-9-5-19-41(31)35(43)45-23-24-7-3-2-4-8-24/h2-4,7-8,11-18,21-22,31-32,44H,5-6,9-10,19-20,23H2,1H3,(H,37,39)(H,38,40)/t31-,32-/m0/s1. The third kappa shape index (κ3) is 6.16. The van der Waals surface area contributed by atoms with Crippen LogP contribution in [0, 0.1) is 0 Å². The van der Waals surface area contributed by atoms with Gasteiger partial charge in [-0.25, -0.2) is 14.8 Å². The average molecular weight is 601 g/mol. The summed E-state index contributed by atoms with van der Waals surface area (Å²) < 4.78 is 5.61. The van der Waals surface area contributed by atoms with E-state index in [1.165, 1.54) is 0 Å². The van der Waals surface area contributed by atoms with Gasteiger partial charge in [0.15, 0.2) is 0 Å². The Kier molecular flexibility index (Phi) is 8.24. The summed E-state index contributed by atoms with van der Waals surface area (Å²) in [6.45, 7) is 3.62. The van der Waals surface area contributed by atoms with Crippen molar-refractivity contribution in [3.05, 3.63) is 108 Å². The van der Waals surface area contributed by atoms with Crippen LogP contribution in [0.2, 0.25) is 6.82 Å². The van der Waals surface area contributed by atoms with Gasteiger partial charge in [0.25, 0.3) is 0 Å². The summed E-state index contributed by atoms with van der Waals surface area (Å²) in [7, 11) is -0.481. The maximum absolute atomic E-state index is 12.9. The van der Waals surface area contributed by atoms with Gasteiger partial charge in [0, 0.05) is 6.54 Å². The number of ether oxygens (including phenoxy) is 1. The van der Waals surface area contributed by atoms with Gasteiger partial charge in [0.2, 0.25) is 0 Å². The topological polar surface area (TPSA) is 110 Å². The Labute approximate surface area is 263 Å². The number of carbonyl (C=O) groups is 1.